The average molecular weight is 762 g/mol. The van der Waals surface area contributed by atoms with Gasteiger partial charge in [-0.1, -0.05) is 107 Å². The van der Waals surface area contributed by atoms with Gasteiger partial charge in [-0.3, -0.25) is 0 Å². The summed E-state index contributed by atoms with van der Waals surface area (Å²) < 4.78 is 16.5. The third-order valence-electron chi connectivity index (χ3n) is 8.70. The van der Waals surface area contributed by atoms with Crippen LogP contribution in [0.1, 0.15) is 90.5 Å². The minimum atomic E-state index is -0.182. The molecule has 2 aliphatic carbocycles. The van der Waals surface area contributed by atoms with E-state index in [0.717, 1.165) is 41.3 Å². The molecular weight excluding hydrogens is 703 g/mol. The van der Waals surface area contributed by atoms with Crippen LogP contribution in [-0.2, 0) is 31.6 Å². The fraction of sp³-hybridized carbons (Fsp3) is 0.538. The monoisotopic (exact) mass is 760 g/mol. The van der Waals surface area contributed by atoms with Gasteiger partial charge in [-0.25, -0.2) is 0 Å². The number of methoxy groups -OCH3 is 3. The molecule has 0 amide bonds. The molecule has 0 radical (unpaired) electrons. The first-order valence-corrected chi connectivity index (χ1v) is 18.2. The fourth-order valence-electron chi connectivity index (χ4n) is 6.25. The molecule has 2 aliphatic rings. The van der Waals surface area contributed by atoms with E-state index in [-0.39, 0.29) is 46.4 Å². The van der Waals surface area contributed by atoms with Gasteiger partial charge in [-0.15, -0.1) is 0 Å². The maximum Gasteiger partial charge on any atom is 0.130 e. The summed E-state index contributed by atoms with van der Waals surface area (Å²) in [4.78, 5) is 0. The van der Waals surface area contributed by atoms with Gasteiger partial charge in [0, 0.05) is 27.5 Å². The normalized spacial score (nSPS) is 15.2. The number of benzene rings is 3. The van der Waals surface area contributed by atoms with Crippen molar-refractivity contribution >= 4 is 13.2 Å². The summed E-state index contributed by atoms with van der Waals surface area (Å²) in [5.74, 6) is 1.83. The Morgan fingerprint density at radius 2 is 1.13 bits per heavy atom. The minimum absolute atomic E-state index is 0. The second-order valence-corrected chi connectivity index (χ2v) is 15.6. The number of ether oxygens (including phenoxy) is 3. The molecule has 4 nitrogen and oxygen atoms in total. The summed E-state index contributed by atoms with van der Waals surface area (Å²) in [6.45, 7) is 6.80. The largest absolute Gasteiger partial charge is 1.00 e. The van der Waals surface area contributed by atoms with Crippen molar-refractivity contribution in [1.29, 1.82) is 0 Å². The van der Waals surface area contributed by atoms with Crippen molar-refractivity contribution in [2.75, 3.05) is 27.9 Å². The zero-order valence-corrected chi connectivity index (χ0v) is 32.2. The Kier molecular flexibility index (Phi) is 21.3. The summed E-state index contributed by atoms with van der Waals surface area (Å²) in [7, 11) is 5.07. The van der Waals surface area contributed by atoms with Crippen LogP contribution in [0.2, 0.25) is 0 Å². The van der Waals surface area contributed by atoms with E-state index >= 15 is 0 Å². The number of rotatable bonds is 8. The van der Waals surface area contributed by atoms with Gasteiger partial charge in [-0.05, 0) is 99.3 Å². The zero-order valence-electron chi connectivity index (χ0n) is 29.0. The molecule has 46 heavy (non-hydrogen) atoms. The van der Waals surface area contributed by atoms with E-state index in [4.69, 9.17) is 19.9 Å². The van der Waals surface area contributed by atoms with E-state index in [1.54, 1.807) is 26.6 Å². The van der Waals surface area contributed by atoms with Crippen LogP contribution in [-0.4, -0.2) is 44.8 Å². The van der Waals surface area contributed by atoms with Crippen molar-refractivity contribution < 1.29 is 47.0 Å². The Hall–Kier alpha value is -1.44. The van der Waals surface area contributed by atoms with Gasteiger partial charge >= 0.3 is 0 Å². The first-order valence-electron chi connectivity index (χ1n) is 16.7. The molecule has 0 unspecified atom stereocenters. The summed E-state index contributed by atoms with van der Waals surface area (Å²) >= 11 is 0. The van der Waals surface area contributed by atoms with Gasteiger partial charge in [0.25, 0.3) is 0 Å². The number of hydrogen-bond acceptors (Lipinski definition) is 4. The average Bonchev–Trinajstić information content (AvgIpc) is 3.07. The molecular formula is C39H58ClNO3PPd-. The predicted molar refractivity (Wildman–Crippen MR) is 191 cm³/mol. The number of halogens is 1. The van der Waals surface area contributed by atoms with Crippen molar-refractivity contribution in [2.24, 2.45) is 5.73 Å². The fourth-order valence-corrected chi connectivity index (χ4v) is 10.2. The Labute approximate surface area is 301 Å². The van der Waals surface area contributed by atoms with Gasteiger partial charge in [0.2, 0.25) is 0 Å². The van der Waals surface area contributed by atoms with Crippen molar-refractivity contribution in [3.05, 3.63) is 78.4 Å². The third-order valence-corrected chi connectivity index (χ3v) is 12.3. The molecule has 2 saturated carbocycles. The Morgan fingerprint density at radius 3 is 1.57 bits per heavy atom. The van der Waals surface area contributed by atoms with Gasteiger partial charge in [0.05, 0.1) is 25.4 Å². The first-order chi connectivity index (χ1) is 21.3. The molecule has 3 aromatic rings. The van der Waals surface area contributed by atoms with Crippen molar-refractivity contribution in [3.8, 4) is 22.6 Å². The summed E-state index contributed by atoms with van der Waals surface area (Å²) in [6.07, 6.45) is 15.2. The Balaban J connectivity index is 0.000000518. The smallest absolute Gasteiger partial charge is 0.130 e. The number of nitrogens with two attached hydrogens (primary N) is 1. The van der Waals surface area contributed by atoms with Crippen molar-refractivity contribution in [1.82, 2.24) is 0 Å². The summed E-state index contributed by atoms with van der Waals surface area (Å²) in [6, 6.07) is 25.6. The molecule has 0 aliphatic heterocycles. The first kappa shape index (κ1) is 42.6. The van der Waals surface area contributed by atoms with E-state index in [1.165, 1.54) is 75.3 Å². The molecule has 0 heterocycles. The standard InChI is InChI=1S/C26H35O2P.C8H11N.C5H12O.ClH.Pd/c1-27-23-17-11-18-24(28-2)26(23)22-16-9-10-19-25(22)29(20-12-5-3-6-13-20)21-14-7-4-8-15-21;9-7-6-8-4-2-1-3-5-8;1-5(2,3)6-4;;/h9-11,16-21H,3-8,12-15H2,1-2H3;1-5H,6-7,9H2;1-4H3;1H;/p-1. The van der Waals surface area contributed by atoms with Crippen LogP contribution in [0.3, 0.4) is 0 Å². The van der Waals surface area contributed by atoms with Crippen LogP contribution < -0.4 is 32.9 Å². The molecule has 7 heteroatoms. The van der Waals surface area contributed by atoms with E-state index in [1.807, 2.05) is 45.0 Å². The van der Waals surface area contributed by atoms with E-state index in [9.17, 15) is 0 Å². The van der Waals surface area contributed by atoms with Crippen LogP contribution in [0.15, 0.2) is 72.8 Å². The molecule has 2 N–H and O–H groups in total. The molecule has 0 saturated heterocycles. The quantitative estimate of drug-likeness (QED) is 0.204. The maximum atomic E-state index is 5.80. The van der Waals surface area contributed by atoms with Gasteiger partial charge in [0.15, 0.2) is 0 Å². The molecule has 3 aromatic carbocycles. The predicted octanol–water partition coefficient (Wildman–Crippen LogP) is 6.76. The van der Waals surface area contributed by atoms with E-state index in [0.29, 0.717) is 0 Å². The summed E-state index contributed by atoms with van der Waals surface area (Å²) in [5, 5.41) is 1.59. The van der Waals surface area contributed by atoms with Gasteiger partial charge in [-0.2, -0.15) is 0 Å². The summed E-state index contributed by atoms with van der Waals surface area (Å²) in [5.41, 5.74) is 10.9. The molecule has 260 valence electrons. The van der Waals surface area contributed by atoms with Crippen LogP contribution in [0.5, 0.6) is 11.5 Å². The van der Waals surface area contributed by atoms with Crippen molar-refractivity contribution in [2.45, 2.75) is 108 Å². The zero-order chi connectivity index (χ0) is 31.8. The third kappa shape index (κ3) is 13.6. The second kappa shape index (κ2) is 23.0. The van der Waals surface area contributed by atoms with Gasteiger partial charge in [0.1, 0.15) is 11.5 Å². The van der Waals surface area contributed by atoms with Crippen LogP contribution in [0, 0.1) is 0 Å². The molecule has 0 spiro atoms. The van der Waals surface area contributed by atoms with Crippen LogP contribution in [0.4, 0.5) is 0 Å². The molecule has 0 bridgehead atoms. The maximum absolute atomic E-state index is 5.80. The van der Waals surface area contributed by atoms with Crippen molar-refractivity contribution in [3.63, 3.8) is 0 Å². The SMILES string of the molecule is COC(C)(C)C.COc1cccc(OC)c1-c1ccccc1P(C1CCCCC1)C1CCCCC1.NCCc1ccccc1.[Cl-].[Pd]. The molecule has 2 fully saturated rings. The van der Waals surface area contributed by atoms with E-state index < -0.39 is 0 Å². The van der Waals surface area contributed by atoms with Crippen LogP contribution >= 0.6 is 7.92 Å². The molecule has 5 rings (SSSR count). The second-order valence-electron chi connectivity index (χ2n) is 12.9. The Bertz CT molecular complexity index is 1170. The Morgan fingerprint density at radius 1 is 0.674 bits per heavy atom. The molecule has 0 atom stereocenters. The van der Waals surface area contributed by atoms with Gasteiger partial charge < -0.3 is 32.4 Å². The van der Waals surface area contributed by atoms with E-state index in [2.05, 4.69) is 48.5 Å². The molecule has 0 aromatic heterocycles. The topological polar surface area (TPSA) is 53.7 Å². The van der Waals surface area contributed by atoms with Crippen LogP contribution in [0.25, 0.3) is 11.1 Å². The number of hydrogen-bond donors (Lipinski definition) is 1. The minimum Gasteiger partial charge on any atom is -1.00 e.